The van der Waals surface area contributed by atoms with E-state index in [4.69, 9.17) is 10.5 Å². The van der Waals surface area contributed by atoms with E-state index >= 15 is 0 Å². The third-order valence-corrected chi connectivity index (χ3v) is 5.37. The first kappa shape index (κ1) is 21.5. The van der Waals surface area contributed by atoms with E-state index in [1.54, 1.807) is 18.9 Å². The number of aliphatic hydroxyl groups excluding tert-OH is 3. The minimum Gasteiger partial charge on any atom is -0.496 e. The van der Waals surface area contributed by atoms with Crippen LogP contribution in [0.3, 0.4) is 0 Å². The molecule has 0 aromatic heterocycles. The highest BCUT2D eigenvalue weighted by molar-refractivity contribution is 7.99. The van der Waals surface area contributed by atoms with Crippen LogP contribution in [0.2, 0.25) is 0 Å². The SMILES string of the molecule is C/C=C(\OC)c1ccc(Sc2ccc(C(O)CC(N)(CO)CO)cc2)cc1. The number of nitrogens with two attached hydrogens (primary N) is 1. The monoisotopic (exact) mass is 389 g/mol. The minimum absolute atomic E-state index is 0.0841. The Kier molecular flexibility index (Phi) is 7.89. The van der Waals surface area contributed by atoms with Crippen molar-refractivity contribution in [1.82, 2.24) is 0 Å². The molecule has 0 heterocycles. The van der Waals surface area contributed by atoms with Crippen LogP contribution in [0.4, 0.5) is 0 Å². The van der Waals surface area contributed by atoms with Gasteiger partial charge in [0, 0.05) is 15.4 Å². The fourth-order valence-electron chi connectivity index (χ4n) is 2.67. The molecular formula is C21H27NO4S. The van der Waals surface area contributed by atoms with Gasteiger partial charge in [0.2, 0.25) is 0 Å². The Hall–Kier alpha value is -1.83. The van der Waals surface area contributed by atoms with E-state index in [0.717, 1.165) is 21.1 Å². The van der Waals surface area contributed by atoms with Crippen molar-refractivity contribution in [2.24, 2.45) is 5.73 Å². The second kappa shape index (κ2) is 9.92. The number of methoxy groups -OCH3 is 1. The predicted molar refractivity (Wildman–Crippen MR) is 108 cm³/mol. The molecule has 5 nitrogen and oxygen atoms in total. The highest BCUT2D eigenvalue weighted by Gasteiger charge is 2.27. The molecular weight excluding hydrogens is 362 g/mol. The molecule has 2 rings (SSSR count). The van der Waals surface area contributed by atoms with Crippen LogP contribution >= 0.6 is 11.8 Å². The first-order valence-corrected chi connectivity index (χ1v) is 9.53. The molecule has 2 aromatic carbocycles. The summed E-state index contributed by atoms with van der Waals surface area (Å²) < 4.78 is 5.32. The van der Waals surface area contributed by atoms with Gasteiger partial charge < -0.3 is 25.8 Å². The summed E-state index contributed by atoms with van der Waals surface area (Å²) in [5.74, 6) is 0.839. The van der Waals surface area contributed by atoms with Crippen LogP contribution in [-0.2, 0) is 4.74 Å². The number of ether oxygens (including phenoxy) is 1. The van der Waals surface area contributed by atoms with E-state index in [-0.39, 0.29) is 19.6 Å². The zero-order valence-electron chi connectivity index (χ0n) is 15.6. The van der Waals surface area contributed by atoms with E-state index in [1.165, 1.54) is 0 Å². The highest BCUT2D eigenvalue weighted by Crippen LogP contribution is 2.31. The molecule has 0 aliphatic carbocycles. The average molecular weight is 390 g/mol. The van der Waals surface area contributed by atoms with Gasteiger partial charge in [-0.2, -0.15) is 0 Å². The van der Waals surface area contributed by atoms with Crippen molar-refractivity contribution in [2.45, 2.75) is 34.8 Å². The third kappa shape index (κ3) is 5.82. The standard InChI is InChI=1S/C21H27NO4S/c1-3-20(26-2)16-6-10-18(11-7-16)27-17-8-4-15(5-9-17)19(25)12-21(22,13-23)14-24/h3-11,19,23-25H,12-14,22H2,1-2H3/b20-3-. The lowest BCUT2D eigenvalue weighted by Crippen LogP contribution is -2.48. The van der Waals surface area contributed by atoms with Crippen LogP contribution in [0.25, 0.3) is 5.76 Å². The molecule has 5 N–H and O–H groups in total. The molecule has 0 aliphatic rings. The molecule has 0 fully saturated rings. The normalized spacial score (nSPS) is 13.5. The highest BCUT2D eigenvalue weighted by atomic mass is 32.2. The molecule has 2 aromatic rings. The van der Waals surface area contributed by atoms with Crippen LogP contribution in [0.5, 0.6) is 0 Å². The second-order valence-electron chi connectivity index (χ2n) is 6.45. The summed E-state index contributed by atoms with van der Waals surface area (Å²) in [6.07, 6.45) is 1.16. The van der Waals surface area contributed by atoms with Gasteiger partial charge in [-0.1, -0.05) is 36.0 Å². The Bertz CT molecular complexity index is 740. The molecule has 0 aliphatic heterocycles. The second-order valence-corrected chi connectivity index (χ2v) is 7.60. The molecule has 1 unspecified atom stereocenters. The van der Waals surface area contributed by atoms with Crippen LogP contribution in [0.1, 0.15) is 30.6 Å². The zero-order chi connectivity index (χ0) is 19.9. The van der Waals surface area contributed by atoms with Gasteiger partial charge in [-0.25, -0.2) is 0 Å². The van der Waals surface area contributed by atoms with Crippen molar-refractivity contribution in [2.75, 3.05) is 20.3 Å². The van der Waals surface area contributed by atoms with Crippen LogP contribution in [0.15, 0.2) is 64.4 Å². The Morgan fingerprint density at radius 2 is 1.59 bits per heavy atom. The molecule has 146 valence electrons. The van der Waals surface area contributed by atoms with Crippen LogP contribution in [-0.4, -0.2) is 41.2 Å². The topological polar surface area (TPSA) is 95.9 Å². The number of hydrogen-bond acceptors (Lipinski definition) is 6. The number of rotatable bonds is 9. The summed E-state index contributed by atoms with van der Waals surface area (Å²) in [6.45, 7) is 1.16. The fraction of sp³-hybridized carbons (Fsp3) is 0.333. The van der Waals surface area contributed by atoms with Crippen molar-refractivity contribution in [3.05, 3.63) is 65.7 Å². The summed E-state index contributed by atoms with van der Waals surface area (Å²) >= 11 is 1.62. The molecule has 1 atom stereocenters. The van der Waals surface area contributed by atoms with Crippen molar-refractivity contribution >= 4 is 17.5 Å². The Morgan fingerprint density at radius 3 is 2.04 bits per heavy atom. The Morgan fingerprint density at radius 1 is 1.07 bits per heavy atom. The largest absolute Gasteiger partial charge is 0.496 e. The molecule has 27 heavy (non-hydrogen) atoms. The predicted octanol–water partition coefficient (Wildman–Crippen LogP) is 2.95. The first-order valence-electron chi connectivity index (χ1n) is 8.72. The summed E-state index contributed by atoms with van der Waals surface area (Å²) in [5.41, 5.74) is 6.38. The van der Waals surface area contributed by atoms with Gasteiger partial charge in [-0.15, -0.1) is 0 Å². The third-order valence-electron chi connectivity index (χ3n) is 4.35. The quantitative estimate of drug-likeness (QED) is 0.493. The molecule has 0 spiro atoms. The van der Waals surface area contributed by atoms with E-state index < -0.39 is 11.6 Å². The lowest BCUT2D eigenvalue weighted by atomic mass is 9.92. The van der Waals surface area contributed by atoms with Crippen LogP contribution in [0, 0.1) is 0 Å². The van der Waals surface area contributed by atoms with Gasteiger partial charge in [-0.3, -0.25) is 0 Å². The first-order chi connectivity index (χ1) is 12.9. The van der Waals surface area contributed by atoms with Crippen molar-refractivity contribution in [3.8, 4) is 0 Å². The smallest absolute Gasteiger partial charge is 0.121 e. The number of benzene rings is 2. The number of hydrogen-bond donors (Lipinski definition) is 4. The number of allylic oxidation sites excluding steroid dienone is 1. The molecule has 0 saturated heterocycles. The maximum atomic E-state index is 10.3. The van der Waals surface area contributed by atoms with Crippen molar-refractivity contribution in [3.63, 3.8) is 0 Å². The number of aliphatic hydroxyl groups is 3. The van der Waals surface area contributed by atoms with Crippen LogP contribution < -0.4 is 5.73 Å². The molecule has 0 saturated carbocycles. The summed E-state index contributed by atoms with van der Waals surface area (Å²) in [7, 11) is 1.66. The molecule has 0 radical (unpaired) electrons. The minimum atomic E-state index is -1.19. The zero-order valence-corrected chi connectivity index (χ0v) is 16.4. The lowest BCUT2D eigenvalue weighted by Gasteiger charge is -2.27. The van der Waals surface area contributed by atoms with Gasteiger partial charge in [-0.05, 0) is 49.2 Å². The van der Waals surface area contributed by atoms with Gasteiger partial charge in [0.05, 0.1) is 32.0 Å². The van der Waals surface area contributed by atoms with E-state index in [9.17, 15) is 15.3 Å². The molecule has 6 heteroatoms. The Balaban J connectivity index is 2.03. The van der Waals surface area contributed by atoms with Crippen molar-refractivity contribution in [1.29, 1.82) is 0 Å². The van der Waals surface area contributed by atoms with Gasteiger partial charge >= 0.3 is 0 Å². The molecule has 0 bridgehead atoms. The maximum Gasteiger partial charge on any atom is 0.121 e. The maximum absolute atomic E-state index is 10.3. The van der Waals surface area contributed by atoms with E-state index in [0.29, 0.717) is 5.56 Å². The summed E-state index contributed by atoms with van der Waals surface area (Å²) in [6, 6.07) is 15.6. The Labute approximate surface area is 164 Å². The van der Waals surface area contributed by atoms with Gasteiger partial charge in [0.25, 0.3) is 0 Å². The molecule has 0 amide bonds. The van der Waals surface area contributed by atoms with E-state index in [1.807, 2.05) is 61.5 Å². The van der Waals surface area contributed by atoms with Gasteiger partial charge in [0.15, 0.2) is 0 Å². The average Bonchev–Trinajstić information content (AvgIpc) is 2.70. The lowest BCUT2D eigenvalue weighted by molar-refractivity contribution is 0.0618. The van der Waals surface area contributed by atoms with Gasteiger partial charge in [0.1, 0.15) is 5.76 Å². The summed E-state index contributed by atoms with van der Waals surface area (Å²) in [5, 5.41) is 28.8. The van der Waals surface area contributed by atoms with Crippen molar-refractivity contribution < 1.29 is 20.1 Å². The summed E-state index contributed by atoms with van der Waals surface area (Å²) in [4.78, 5) is 2.14. The van der Waals surface area contributed by atoms with E-state index in [2.05, 4.69) is 0 Å². The fourth-order valence-corrected chi connectivity index (χ4v) is 3.48.